The number of hydrogen-bond acceptors (Lipinski definition) is 6. The van der Waals surface area contributed by atoms with Crippen molar-refractivity contribution in [1.29, 1.82) is 0 Å². The molecule has 0 fully saturated rings. The molecule has 7 nitrogen and oxygen atoms in total. The number of carbonyl (C=O) groups excluding carboxylic acids is 2. The minimum absolute atomic E-state index is 0.0378. The molecule has 0 radical (unpaired) electrons. The number of hydrogen-bond donors (Lipinski definition) is 3. The Morgan fingerprint density at radius 2 is 2.31 bits per heavy atom. The van der Waals surface area contributed by atoms with Gasteiger partial charge in [0, 0.05) is 12.6 Å². The van der Waals surface area contributed by atoms with Crippen LogP contribution in [0.5, 0.6) is 0 Å². The lowest BCUT2D eigenvalue weighted by atomic mass is 10.3. The fraction of sp³-hybridized carbons (Fsp3) is 0.250. The second kappa shape index (κ2) is 5.38. The molecule has 1 heterocycles. The van der Waals surface area contributed by atoms with Gasteiger partial charge in [0.2, 0.25) is 5.28 Å². The van der Waals surface area contributed by atoms with E-state index in [2.05, 4.69) is 15.3 Å². The summed E-state index contributed by atoms with van der Waals surface area (Å²) in [6.45, 7) is 0.0943. The monoisotopic (exact) mass is 243 g/mol. The molecule has 5 N–H and O–H groups in total. The Morgan fingerprint density at radius 3 is 2.81 bits per heavy atom. The van der Waals surface area contributed by atoms with E-state index in [1.807, 2.05) is 0 Å². The largest absolute Gasteiger partial charge is 0.364 e. The van der Waals surface area contributed by atoms with Crippen molar-refractivity contribution in [2.75, 3.05) is 11.9 Å². The van der Waals surface area contributed by atoms with Gasteiger partial charge in [-0.15, -0.1) is 0 Å². The second-order valence-corrected chi connectivity index (χ2v) is 3.23. The summed E-state index contributed by atoms with van der Waals surface area (Å²) in [5.41, 5.74) is 10.3. The molecule has 1 aromatic heterocycles. The minimum atomic E-state index is -0.734. The molecule has 0 spiro atoms. The van der Waals surface area contributed by atoms with Gasteiger partial charge in [-0.25, -0.2) is 9.97 Å². The Labute approximate surface area is 96.2 Å². The molecule has 1 amide bonds. The molecule has 0 saturated carbocycles. The zero-order valence-corrected chi connectivity index (χ0v) is 8.94. The molecule has 1 aromatic rings. The van der Waals surface area contributed by atoms with Gasteiger partial charge >= 0.3 is 0 Å². The van der Waals surface area contributed by atoms with E-state index in [1.165, 1.54) is 6.07 Å². The Kier molecular flexibility index (Phi) is 4.15. The number of aromatic nitrogens is 2. The van der Waals surface area contributed by atoms with Crippen LogP contribution in [-0.2, 0) is 4.79 Å². The van der Waals surface area contributed by atoms with E-state index in [9.17, 15) is 9.59 Å². The number of amides is 1. The third kappa shape index (κ3) is 3.14. The molecule has 86 valence electrons. The lowest BCUT2D eigenvalue weighted by Gasteiger charge is -2.11. The fourth-order valence-electron chi connectivity index (χ4n) is 0.956. The van der Waals surface area contributed by atoms with Gasteiger partial charge in [-0.2, -0.15) is 0 Å². The average molecular weight is 244 g/mol. The van der Waals surface area contributed by atoms with Crippen molar-refractivity contribution in [3.8, 4) is 0 Å². The number of halogens is 1. The van der Waals surface area contributed by atoms with Crippen molar-refractivity contribution >= 4 is 29.6 Å². The highest BCUT2D eigenvalue weighted by molar-refractivity contribution is 6.28. The van der Waals surface area contributed by atoms with Crippen LogP contribution in [0.1, 0.15) is 10.5 Å². The van der Waals surface area contributed by atoms with E-state index in [0.29, 0.717) is 6.29 Å². The standard InChI is InChI=1S/C8H10ClN5O2/c9-8-13-5(7(11)16)1-6(14-8)12-4(2-10)3-15/h1,3-4H,2,10H2,(H2,11,16)(H,12,13,14). The zero-order valence-electron chi connectivity index (χ0n) is 8.18. The SMILES string of the molecule is NCC(C=O)Nc1cc(C(N)=O)nc(Cl)n1. The van der Waals surface area contributed by atoms with Crippen LogP contribution in [0.2, 0.25) is 5.28 Å². The molecule has 0 aromatic carbocycles. The molecule has 1 atom stereocenters. The summed E-state index contributed by atoms with van der Waals surface area (Å²) in [6, 6.07) is 0.687. The van der Waals surface area contributed by atoms with Gasteiger partial charge in [0.15, 0.2) is 0 Å². The molecular formula is C8H10ClN5O2. The first-order chi connectivity index (χ1) is 7.56. The van der Waals surface area contributed by atoms with Gasteiger partial charge in [0.25, 0.3) is 5.91 Å². The molecule has 1 rings (SSSR count). The number of rotatable bonds is 5. The highest BCUT2D eigenvalue weighted by Crippen LogP contribution is 2.10. The topological polar surface area (TPSA) is 124 Å². The third-order valence-corrected chi connectivity index (χ3v) is 1.87. The maximum absolute atomic E-state index is 10.9. The number of nitrogens with one attached hydrogen (secondary N) is 1. The first-order valence-electron chi connectivity index (χ1n) is 4.33. The summed E-state index contributed by atoms with van der Waals surface area (Å²) in [4.78, 5) is 28.8. The molecule has 8 heteroatoms. The van der Waals surface area contributed by atoms with Crippen LogP contribution < -0.4 is 16.8 Å². The fourth-order valence-corrected chi connectivity index (χ4v) is 1.14. The van der Waals surface area contributed by atoms with Gasteiger partial charge < -0.3 is 21.6 Å². The lowest BCUT2D eigenvalue weighted by molar-refractivity contribution is -0.108. The van der Waals surface area contributed by atoms with Crippen molar-refractivity contribution in [3.63, 3.8) is 0 Å². The Morgan fingerprint density at radius 1 is 1.62 bits per heavy atom. The normalized spacial score (nSPS) is 11.9. The quantitative estimate of drug-likeness (QED) is 0.458. The van der Waals surface area contributed by atoms with Crippen molar-refractivity contribution in [3.05, 3.63) is 17.0 Å². The number of carbonyl (C=O) groups is 2. The Hall–Kier alpha value is -1.73. The Bertz CT molecular complexity index is 411. The molecule has 0 aliphatic carbocycles. The van der Waals surface area contributed by atoms with Gasteiger partial charge in [-0.3, -0.25) is 4.79 Å². The number of nitrogens with two attached hydrogens (primary N) is 2. The maximum atomic E-state index is 10.9. The highest BCUT2D eigenvalue weighted by atomic mass is 35.5. The zero-order chi connectivity index (χ0) is 12.1. The molecule has 16 heavy (non-hydrogen) atoms. The number of primary amides is 1. The van der Waals surface area contributed by atoms with E-state index < -0.39 is 11.9 Å². The van der Waals surface area contributed by atoms with E-state index in [-0.39, 0.29) is 23.3 Å². The number of aldehydes is 1. The summed E-state index contributed by atoms with van der Waals surface area (Å²) in [5, 5.41) is 2.54. The van der Waals surface area contributed by atoms with Crippen molar-refractivity contribution in [1.82, 2.24) is 9.97 Å². The molecule has 1 unspecified atom stereocenters. The van der Waals surface area contributed by atoms with Crippen molar-refractivity contribution in [2.45, 2.75) is 6.04 Å². The second-order valence-electron chi connectivity index (χ2n) is 2.89. The van der Waals surface area contributed by atoms with Gasteiger partial charge in [-0.1, -0.05) is 0 Å². The van der Waals surface area contributed by atoms with Crippen LogP contribution in [0.25, 0.3) is 0 Å². The van der Waals surface area contributed by atoms with E-state index >= 15 is 0 Å². The highest BCUT2D eigenvalue weighted by Gasteiger charge is 2.10. The summed E-state index contributed by atoms with van der Waals surface area (Å²) in [5.74, 6) is -0.515. The smallest absolute Gasteiger partial charge is 0.267 e. The summed E-state index contributed by atoms with van der Waals surface area (Å²) in [6.07, 6.45) is 0.625. The van der Waals surface area contributed by atoms with Crippen molar-refractivity contribution < 1.29 is 9.59 Å². The van der Waals surface area contributed by atoms with E-state index in [4.69, 9.17) is 23.1 Å². The molecule has 0 aliphatic heterocycles. The van der Waals surface area contributed by atoms with Crippen LogP contribution in [-0.4, -0.2) is 34.7 Å². The molecular weight excluding hydrogens is 234 g/mol. The lowest BCUT2D eigenvalue weighted by Crippen LogP contribution is -2.30. The molecule has 0 saturated heterocycles. The van der Waals surface area contributed by atoms with Crippen LogP contribution in [0.4, 0.5) is 5.82 Å². The van der Waals surface area contributed by atoms with E-state index in [1.54, 1.807) is 0 Å². The maximum Gasteiger partial charge on any atom is 0.267 e. The first-order valence-corrected chi connectivity index (χ1v) is 4.71. The van der Waals surface area contributed by atoms with Gasteiger partial charge in [0.1, 0.15) is 17.8 Å². The van der Waals surface area contributed by atoms with Crippen LogP contribution in [0.15, 0.2) is 6.07 Å². The van der Waals surface area contributed by atoms with Crippen LogP contribution >= 0.6 is 11.6 Å². The number of anilines is 1. The average Bonchev–Trinajstić information content (AvgIpc) is 2.25. The Balaban J connectivity index is 2.96. The minimum Gasteiger partial charge on any atom is -0.364 e. The summed E-state index contributed by atoms with van der Waals surface area (Å²) < 4.78 is 0. The molecule has 0 aliphatic rings. The number of nitrogens with zero attached hydrogens (tertiary/aromatic N) is 2. The van der Waals surface area contributed by atoms with Crippen LogP contribution in [0, 0.1) is 0 Å². The van der Waals surface area contributed by atoms with Gasteiger partial charge in [0.05, 0.1) is 6.04 Å². The summed E-state index contributed by atoms with van der Waals surface area (Å²) in [7, 11) is 0. The van der Waals surface area contributed by atoms with E-state index in [0.717, 1.165) is 0 Å². The first kappa shape index (κ1) is 12.3. The predicted octanol–water partition coefficient (Wildman–Crippen LogP) is -0.833. The summed E-state index contributed by atoms with van der Waals surface area (Å²) >= 11 is 5.57. The third-order valence-electron chi connectivity index (χ3n) is 1.70. The van der Waals surface area contributed by atoms with Crippen molar-refractivity contribution in [2.24, 2.45) is 11.5 Å². The predicted molar refractivity (Wildman–Crippen MR) is 58.1 cm³/mol. The van der Waals surface area contributed by atoms with Crippen LogP contribution in [0.3, 0.4) is 0 Å². The molecule has 0 bridgehead atoms. The van der Waals surface area contributed by atoms with Gasteiger partial charge in [-0.05, 0) is 11.6 Å².